The van der Waals surface area contributed by atoms with Crippen molar-refractivity contribution < 1.29 is 4.84 Å². The Balaban J connectivity index is 1.61. The van der Waals surface area contributed by atoms with Crippen LogP contribution in [0.4, 0.5) is 0 Å². The molecule has 1 aliphatic rings. The van der Waals surface area contributed by atoms with Crippen LogP contribution < -0.4 is 5.48 Å². The van der Waals surface area contributed by atoms with Gasteiger partial charge in [0.05, 0.1) is 12.6 Å². The molecule has 0 aromatic heterocycles. The van der Waals surface area contributed by atoms with Crippen molar-refractivity contribution in [2.75, 3.05) is 6.61 Å². The van der Waals surface area contributed by atoms with Crippen LogP contribution in [0.15, 0.2) is 65.8 Å². The Labute approximate surface area is 217 Å². The maximum atomic E-state index is 5.93. The van der Waals surface area contributed by atoms with Crippen molar-refractivity contribution in [2.45, 2.75) is 111 Å². The Morgan fingerprint density at radius 1 is 0.914 bits per heavy atom. The lowest BCUT2D eigenvalue weighted by Crippen LogP contribution is -2.24. The summed E-state index contributed by atoms with van der Waals surface area (Å²) >= 11 is 0. The van der Waals surface area contributed by atoms with Gasteiger partial charge in [0.2, 0.25) is 0 Å². The summed E-state index contributed by atoms with van der Waals surface area (Å²) in [7, 11) is 0. The summed E-state index contributed by atoms with van der Waals surface area (Å²) in [5, 5.41) is 0. The van der Waals surface area contributed by atoms with E-state index in [9.17, 15) is 0 Å². The van der Waals surface area contributed by atoms with Crippen molar-refractivity contribution in [1.29, 1.82) is 0 Å². The Bertz CT molecular complexity index is 761. The van der Waals surface area contributed by atoms with Crippen molar-refractivity contribution >= 4 is 0 Å². The molecule has 0 aliphatic heterocycles. The second kappa shape index (κ2) is 17.7. The number of nitrogens with one attached hydrogen (secondary N) is 1. The van der Waals surface area contributed by atoms with Crippen molar-refractivity contribution in [1.82, 2.24) is 5.48 Å². The molecule has 0 saturated carbocycles. The number of hydrogen-bond acceptors (Lipinski definition) is 2. The van der Waals surface area contributed by atoms with Crippen molar-refractivity contribution in [3.8, 4) is 0 Å². The van der Waals surface area contributed by atoms with Crippen molar-refractivity contribution in [2.24, 2.45) is 17.8 Å². The number of hydroxylamine groups is 1. The molecule has 0 radical (unpaired) electrons. The molecule has 2 rings (SSSR count). The van der Waals surface area contributed by atoms with E-state index in [4.69, 9.17) is 4.84 Å². The van der Waals surface area contributed by atoms with Crippen LogP contribution >= 0.6 is 0 Å². The standard InChI is InChI=1S/C33H53NO/c1-27(2)15-12-16-28(3)17-13-18-29(4)19-14-20-30(5)25-26-35-34-33(31-21-8-6-9-22-31)32-23-10-7-11-24-32/h6-10,21-23,25,27-29,33-34H,11-20,24,26H2,1-5H3/b30-25+/t28-,29-,33?/m1/s1. The van der Waals surface area contributed by atoms with Crippen LogP contribution in [-0.4, -0.2) is 6.61 Å². The van der Waals surface area contributed by atoms with Gasteiger partial charge in [0.15, 0.2) is 0 Å². The third-order valence-corrected chi connectivity index (χ3v) is 7.41. The van der Waals surface area contributed by atoms with E-state index in [2.05, 4.69) is 94.7 Å². The highest BCUT2D eigenvalue weighted by molar-refractivity contribution is 5.31. The fourth-order valence-electron chi connectivity index (χ4n) is 4.99. The molecular weight excluding hydrogens is 426 g/mol. The van der Waals surface area contributed by atoms with Crippen LogP contribution in [0.2, 0.25) is 0 Å². The molecule has 1 aromatic rings. The predicted octanol–water partition coefficient (Wildman–Crippen LogP) is 9.91. The molecule has 0 spiro atoms. The van der Waals surface area contributed by atoms with Crippen LogP contribution in [-0.2, 0) is 4.84 Å². The summed E-state index contributed by atoms with van der Waals surface area (Å²) in [6.45, 7) is 12.4. The Hall–Kier alpha value is -1.64. The first kappa shape index (κ1) is 29.6. The quantitative estimate of drug-likeness (QED) is 0.128. The lowest BCUT2D eigenvalue weighted by atomic mass is 9.91. The van der Waals surface area contributed by atoms with Crippen LogP contribution in [0.3, 0.4) is 0 Å². The fourth-order valence-corrected chi connectivity index (χ4v) is 4.99. The number of hydrogen-bond donors (Lipinski definition) is 1. The topological polar surface area (TPSA) is 21.3 Å². The highest BCUT2D eigenvalue weighted by atomic mass is 16.6. The third kappa shape index (κ3) is 13.3. The van der Waals surface area contributed by atoms with E-state index in [0.29, 0.717) is 6.61 Å². The van der Waals surface area contributed by atoms with Crippen LogP contribution in [0, 0.1) is 17.8 Å². The average molecular weight is 480 g/mol. The highest BCUT2D eigenvalue weighted by Crippen LogP contribution is 2.27. The monoisotopic (exact) mass is 479 g/mol. The van der Waals surface area contributed by atoms with Gasteiger partial charge >= 0.3 is 0 Å². The van der Waals surface area contributed by atoms with Crippen LogP contribution in [0.1, 0.15) is 117 Å². The summed E-state index contributed by atoms with van der Waals surface area (Å²) in [5.41, 5.74) is 7.42. The zero-order chi connectivity index (χ0) is 25.3. The van der Waals surface area contributed by atoms with Crippen LogP contribution in [0.5, 0.6) is 0 Å². The maximum Gasteiger partial charge on any atom is 0.0866 e. The fraction of sp³-hybridized carbons (Fsp3) is 0.636. The van der Waals surface area contributed by atoms with E-state index < -0.39 is 0 Å². The summed E-state index contributed by atoms with van der Waals surface area (Å²) in [5.74, 6) is 2.59. The minimum Gasteiger partial charge on any atom is -0.297 e. The van der Waals surface area contributed by atoms with Gasteiger partial charge in [0.1, 0.15) is 0 Å². The molecule has 35 heavy (non-hydrogen) atoms. The largest absolute Gasteiger partial charge is 0.297 e. The maximum absolute atomic E-state index is 5.93. The van der Waals surface area contributed by atoms with E-state index in [-0.39, 0.29) is 6.04 Å². The van der Waals surface area contributed by atoms with Gasteiger partial charge in [0, 0.05) is 0 Å². The molecule has 0 saturated heterocycles. The molecule has 2 heteroatoms. The molecule has 1 aliphatic carbocycles. The van der Waals surface area contributed by atoms with E-state index in [1.165, 1.54) is 74.5 Å². The molecule has 0 bridgehead atoms. The first-order chi connectivity index (χ1) is 17.0. The Kier molecular flexibility index (Phi) is 15.0. The average Bonchev–Trinajstić information content (AvgIpc) is 2.85. The van der Waals surface area contributed by atoms with Gasteiger partial charge < -0.3 is 0 Å². The first-order valence-corrected chi connectivity index (χ1v) is 14.4. The molecule has 0 amide bonds. The van der Waals surface area contributed by atoms with Gasteiger partial charge in [-0.15, -0.1) is 0 Å². The molecule has 0 heterocycles. The Morgan fingerprint density at radius 3 is 2.20 bits per heavy atom. The summed E-state index contributed by atoms with van der Waals surface area (Å²) in [6.07, 6.45) is 23.2. The minimum absolute atomic E-state index is 0.119. The lowest BCUT2D eigenvalue weighted by Gasteiger charge is -2.23. The van der Waals surface area contributed by atoms with Gasteiger partial charge in [-0.25, -0.2) is 0 Å². The number of benzene rings is 1. The first-order valence-electron chi connectivity index (χ1n) is 14.4. The third-order valence-electron chi connectivity index (χ3n) is 7.41. The van der Waals surface area contributed by atoms with Crippen molar-refractivity contribution in [3.05, 3.63) is 71.3 Å². The Morgan fingerprint density at radius 2 is 1.57 bits per heavy atom. The zero-order valence-electron chi connectivity index (χ0n) is 23.4. The van der Waals surface area contributed by atoms with E-state index in [1.54, 1.807) is 0 Å². The normalized spacial score (nSPS) is 16.9. The second-order valence-corrected chi connectivity index (χ2v) is 11.4. The second-order valence-electron chi connectivity index (χ2n) is 11.4. The van der Waals surface area contributed by atoms with E-state index >= 15 is 0 Å². The molecule has 0 fully saturated rings. The predicted molar refractivity (Wildman–Crippen MR) is 153 cm³/mol. The molecule has 2 nitrogen and oxygen atoms in total. The molecule has 1 unspecified atom stereocenters. The van der Waals surface area contributed by atoms with Gasteiger partial charge in [-0.2, -0.15) is 5.48 Å². The van der Waals surface area contributed by atoms with Crippen molar-refractivity contribution in [3.63, 3.8) is 0 Å². The van der Waals surface area contributed by atoms with Gasteiger partial charge in [-0.3, -0.25) is 4.84 Å². The van der Waals surface area contributed by atoms with Gasteiger partial charge in [0.25, 0.3) is 0 Å². The van der Waals surface area contributed by atoms with Gasteiger partial charge in [-0.1, -0.05) is 133 Å². The summed E-state index contributed by atoms with van der Waals surface area (Å²) < 4.78 is 0. The summed E-state index contributed by atoms with van der Waals surface area (Å²) in [4.78, 5) is 5.93. The number of rotatable bonds is 18. The van der Waals surface area contributed by atoms with E-state index in [1.807, 2.05) is 0 Å². The number of allylic oxidation sites excluding steroid dienone is 4. The molecule has 196 valence electrons. The van der Waals surface area contributed by atoms with Gasteiger partial charge in [-0.05, 0) is 61.5 Å². The smallest absolute Gasteiger partial charge is 0.0866 e. The lowest BCUT2D eigenvalue weighted by molar-refractivity contribution is 0.0421. The minimum atomic E-state index is 0.119. The molecule has 3 atom stereocenters. The molecular formula is C33H53NO. The molecule has 1 N–H and O–H groups in total. The SMILES string of the molecule is C/C(=C\CONC(C1=CC=CCC1)c1ccccc1)CCC[C@H](C)CCC[C@H](C)CCCC(C)C. The summed E-state index contributed by atoms with van der Waals surface area (Å²) in [6, 6.07) is 10.7. The van der Waals surface area contributed by atoms with E-state index in [0.717, 1.165) is 30.6 Å². The molecule has 1 aromatic carbocycles. The highest BCUT2D eigenvalue weighted by Gasteiger charge is 2.17. The zero-order valence-corrected chi connectivity index (χ0v) is 23.4. The van der Waals surface area contributed by atoms with Crippen LogP contribution in [0.25, 0.3) is 0 Å².